The SMILES string of the molecule is COc1ccc(CCC(=O)N(C)CC(=O)Nc2cccc(OC)c2)cc1. The molecule has 6 nitrogen and oxygen atoms in total. The normalized spacial score (nSPS) is 10.1. The zero-order valence-corrected chi connectivity index (χ0v) is 15.3. The Balaban J connectivity index is 1.80. The Morgan fingerprint density at radius 2 is 1.69 bits per heavy atom. The molecule has 0 atom stereocenters. The van der Waals surface area contributed by atoms with Crippen molar-refractivity contribution in [1.29, 1.82) is 0 Å². The summed E-state index contributed by atoms with van der Waals surface area (Å²) in [5.74, 6) is 1.11. The lowest BCUT2D eigenvalue weighted by Gasteiger charge is -2.17. The molecular formula is C20H24N2O4. The largest absolute Gasteiger partial charge is 0.497 e. The number of hydrogen-bond acceptors (Lipinski definition) is 4. The molecule has 0 aliphatic heterocycles. The van der Waals surface area contributed by atoms with Gasteiger partial charge in [0.1, 0.15) is 11.5 Å². The van der Waals surface area contributed by atoms with Gasteiger partial charge in [0.05, 0.1) is 20.8 Å². The van der Waals surface area contributed by atoms with Crippen LogP contribution >= 0.6 is 0 Å². The van der Waals surface area contributed by atoms with E-state index in [2.05, 4.69) is 5.32 Å². The average molecular weight is 356 g/mol. The maximum Gasteiger partial charge on any atom is 0.243 e. The fraction of sp³-hybridized carbons (Fsp3) is 0.300. The van der Waals surface area contributed by atoms with Crippen molar-refractivity contribution in [2.45, 2.75) is 12.8 Å². The van der Waals surface area contributed by atoms with E-state index in [9.17, 15) is 9.59 Å². The van der Waals surface area contributed by atoms with Gasteiger partial charge in [-0.05, 0) is 36.2 Å². The van der Waals surface area contributed by atoms with Crippen LogP contribution in [0.1, 0.15) is 12.0 Å². The molecule has 2 rings (SSSR count). The van der Waals surface area contributed by atoms with Crippen LogP contribution in [0.5, 0.6) is 11.5 Å². The van der Waals surface area contributed by atoms with Gasteiger partial charge in [0.25, 0.3) is 0 Å². The van der Waals surface area contributed by atoms with Crippen LogP contribution in [0, 0.1) is 0 Å². The Morgan fingerprint density at radius 1 is 1.00 bits per heavy atom. The number of ether oxygens (including phenoxy) is 2. The number of aryl methyl sites for hydroxylation is 1. The van der Waals surface area contributed by atoms with E-state index >= 15 is 0 Å². The highest BCUT2D eigenvalue weighted by atomic mass is 16.5. The molecule has 6 heteroatoms. The summed E-state index contributed by atoms with van der Waals surface area (Å²) >= 11 is 0. The van der Waals surface area contributed by atoms with E-state index in [4.69, 9.17) is 9.47 Å². The number of hydrogen-bond donors (Lipinski definition) is 1. The third-order valence-corrected chi connectivity index (χ3v) is 3.95. The molecule has 2 amide bonds. The average Bonchev–Trinajstić information content (AvgIpc) is 2.66. The minimum absolute atomic E-state index is 0.00133. The van der Waals surface area contributed by atoms with Crippen molar-refractivity contribution in [3.63, 3.8) is 0 Å². The third-order valence-electron chi connectivity index (χ3n) is 3.95. The van der Waals surface area contributed by atoms with Crippen molar-refractivity contribution in [2.24, 2.45) is 0 Å². The molecule has 1 N–H and O–H groups in total. The molecule has 0 saturated carbocycles. The third kappa shape index (κ3) is 5.81. The number of likely N-dealkylation sites (N-methyl/N-ethyl adjacent to an activating group) is 1. The molecule has 0 saturated heterocycles. The Hall–Kier alpha value is -3.02. The lowest BCUT2D eigenvalue weighted by Crippen LogP contribution is -2.35. The summed E-state index contributed by atoms with van der Waals surface area (Å²) in [6.45, 7) is -0.00133. The summed E-state index contributed by atoms with van der Waals surface area (Å²) < 4.78 is 10.2. The predicted octanol–water partition coefficient (Wildman–Crippen LogP) is 2.73. The molecule has 138 valence electrons. The van der Waals surface area contributed by atoms with Gasteiger partial charge in [0.15, 0.2) is 0 Å². The van der Waals surface area contributed by atoms with Crippen LogP contribution in [0.15, 0.2) is 48.5 Å². The van der Waals surface area contributed by atoms with E-state index in [1.807, 2.05) is 24.3 Å². The molecule has 0 heterocycles. The predicted molar refractivity (Wildman–Crippen MR) is 101 cm³/mol. The van der Waals surface area contributed by atoms with Gasteiger partial charge in [-0.25, -0.2) is 0 Å². The molecule has 0 radical (unpaired) electrons. The fourth-order valence-corrected chi connectivity index (χ4v) is 2.44. The lowest BCUT2D eigenvalue weighted by atomic mass is 10.1. The molecule has 0 fully saturated rings. The molecule has 2 aromatic rings. The molecule has 0 aliphatic carbocycles. The van der Waals surface area contributed by atoms with Gasteiger partial charge < -0.3 is 19.7 Å². The number of rotatable bonds is 8. The van der Waals surface area contributed by atoms with Crippen molar-refractivity contribution < 1.29 is 19.1 Å². The molecular weight excluding hydrogens is 332 g/mol. The highest BCUT2D eigenvalue weighted by Crippen LogP contribution is 2.16. The van der Waals surface area contributed by atoms with Gasteiger partial charge in [-0.2, -0.15) is 0 Å². The minimum Gasteiger partial charge on any atom is -0.497 e. The monoisotopic (exact) mass is 356 g/mol. The zero-order chi connectivity index (χ0) is 18.9. The van der Waals surface area contributed by atoms with Gasteiger partial charge in [-0.15, -0.1) is 0 Å². The number of nitrogens with zero attached hydrogens (tertiary/aromatic N) is 1. The Kier molecular flexibility index (Phi) is 7.02. The summed E-state index contributed by atoms with van der Waals surface area (Å²) in [5.41, 5.74) is 1.68. The van der Waals surface area contributed by atoms with Crippen LogP contribution in [0.4, 0.5) is 5.69 Å². The standard InChI is InChI=1S/C20H24N2O4/c1-22(14-19(23)21-16-5-4-6-18(13-16)26-3)20(24)12-9-15-7-10-17(25-2)11-8-15/h4-8,10-11,13H,9,12,14H2,1-3H3,(H,21,23). The topological polar surface area (TPSA) is 67.9 Å². The van der Waals surface area contributed by atoms with Crippen LogP contribution in [0.3, 0.4) is 0 Å². The maximum atomic E-state index is 12.2. The second kappa shape index (κ2) is 9.46. The van der Waals surface area contributed by atoms with Crippen LogP contribution in [-0.4, -0.2) is 44.5 Å². The second-order valence-corrected chi connectivity index (χ2v) is 5.88. The summed E-state index contributed by atoms with van der Waals surface area (Å²) in [7, 11) is 4.81. The van der Waals surface area contributed by atoms with Crippen LogP contribution < -0.4 is 14.8 Å². The van der Waals surface area contributed by atoms with Gasteiger partial charge in [0, 0.05) is 25.2 Å². The van der Waals surface area contributed by atoms with E-state index in [-0.39, 0.29) is 18.4 Å². The van der Waals surface area contributed by atoms with Crippen molar-refractivity contribution in [3.8, 4) is 11.5 Å². The highest BCUT2D eigenvalue weighted by Gasteiger charge is 2.13. The number of benzene rings is 2. The van der Waals surface area contributed by atoms with Crippen molar-refractivity contribution >= 4 is 17.5 Å². The van der Waals surface area contributed by atoms with E-state index in [1.165, 1.54) is 4.90 Å². The summed E-state index contributed by atoms with van der Waals surface area (Å²) in [6, 6.07) is 14.7. The fourth-order valence-electron chi connectivity index (χ4n) is 2.44. The van der Waals surface area contributed by atoms with Gasteiger partial charge >= 0.3 is 0 Å². The number of nitrogens with one attached hydrogen (secondary N) is 1. The lowest BCUT2D eigenvalue weighted by molar-refractivity contribution is -0.133. The number of anilines is 1. The molecule has 2 aromatic carbocycles. The molecule has 0 unspecified atom stereocenters. The number of carbonyl (C=O) groups excluding carboxylic acids is 2. The van der Waals surface area contributed by atoms with E-state index in [1.54, 1.807) is 45.5 Å². The smallest absolute Gasteiger partial charge is 0.243 e. The van der Waals surface area contributed by atoms with E-state index < -0.39 is 0 Å². The highest BCUT2D eigenvalue weighted by molar-refractivity contribution is 5.94. The van der Waals surface area contributed by atoms with Gasteiger partial charge in [-0.3, -0.25) is 9.59 Å². The van der Waals surface area contributed by atoms with Gasteiger partial charge in [-0.1, -0.05) is 18.2 Å². The first kappa shape index (κ1) is 19.3. The number of amides is 2. The molecule has 0 bridgehead atoms. The molecule has 0 aromatic heterocycles. The van der Waals surface area contributed by atoms with E-state index in [0.29, 0.717) is 24.3 Å². The first-order valence-corrected chi connectivity index (χ1v) is 8.32. The van der Waals surface area contributed by atoms with Crippen LogP contribution in [0.2, 0.25) is 0 Å². The Labute approximate surface area is 153 Å². The van der Waals surface area contributed by atoms with Gasteiger partial charge in [0.2, 0.25) is 11.8 Å². The van der Waals surface area contributed by atoms with Crippen LogP contribution in [-0.2, 0) is 16.0 Å². The summed E-state index contributed by atoms with van der Waals surface area (Å²) in [6.07, 6.45) is 0.958. The first-order chi connectivity index (χ1) is 12.5. The molecule has 0 spiro atoms. The zero-order valence-electron chi connectivity index (χ0n) is 15.3. The van der Waals surface area contributed by atoms with Crippen molar-refractivity contribution in [3.05, 3.63) is 54.1 Å². The van der Waals surface area contributed by atoms with Crippen molar-refractivity contribution in [2.75, 3.05) is 33.1 Å². The number of methoxy groups -OCH3 is 2. The quantitative estimate of drug-likeness (QED) is 0.790. The Bertz CT molecular complexity index is 744. The molecule has 26 heavy (non-hydrogen) atoms. The molecule has 0 aliphatic rings. The maximum absolute atomic E-state index is 12.2. The Morgan fingerprint density at radius 3 is 2.35 bits per heavy atom. The minimum atomic E-state index is -0.251. The number of carbonyl (C=O) groups is 2. The summed E-state index contributed by atoms with van der Waals surface area (Å²) in [5, 5.41) is 2.76. The summed E-state index contributed by atoms with van der Waals surface area (Å²) in [4.78, 5) is 25.8. The second-order valence-electron chi connectivity index (χ2n) is 5.88. The van der Waals surface area contributed by atoms with E-state index in [0.717, 1.165) is 11.3 Å². The first-order valence-electron chi connectivity index (χ1n) is 8.32. The van der Waals surface area contributed by atoms with Crippen molar-refractivity contribution in [1.82, 2.24) is 4.90 Å². The van der Waals surface area contributed by atoms with Crippen LogP contribution in [0.25, 0.3) is 0 Å².